The van der Waals surface area contributed by atoms with Crippen molar-refractivity contribution in [2.24, 2.45) is 11.7 Å². The molecule has 0 radical (unpaired) electrons. The zero-order chi connectivity index (χ0) is 15.0. The van der Waals surface area contributed by atoms with Crippen LogP contribution in [0, 0.1) is 5.92 Å². The lowest BCUT2D eigenvalue weighted by atomic mass is 9.82. The van der Waals surface area contributed by atoms with Crippen molar-refractivity contribution in [1.29, 1.82) is 0 Å². The third-order valence-corrected chi connectivity index (χ3v) is 4.20. The molecule has 3 unspecified atom stereocenters. The van der Waals surface area contributed by atoms with Crippen LogP contribution in [0.3, 0.4) is 0 Å². The number of nitrogens with zero attached hydrogens (tertiary/aromatic N) is 1. The molecule has 0 bridgehead atoms. The summed E-state index contributed by atoms with van der Waals surface area (Å²) in [7, 11) is 3.31. The monoisotopic (exact) mass is 286 g/mol. The van der Waals surface area contributed by atoms with Crippen molar-refractivity contribution in [3.8, 4) is 0 Å². The van der Waals surface area contributed by atoms with Crippen LogP contribution >= 0.6 is 0 Å². The van der Waals surface area contributed by atoms with Gasteiger partial charge in [-0.25, -0.2) is 0 Å². The predicted molar refractivity (Wildman–Crippen MR) is 79.5 cm³/mol. The van der Waals surface area contributed by atoms with E-state index >= 15 is 0 Å². The number of ether oxygens (including phenoxy) is 2. The molecule has 1 rings (SSSR count). The molecular formula is C15H30N2O3. The Balaban J connectivity index is 2.56. The van der Waals surface area contributed by atoms with Crippen LogP contribution in [0.1, 0.15) is 39.0 Å². The molecule has 5 nitrogen and oxygen atoms in total. The van der Waals surface area contributed by atoms with E-state index in [1.807, 2.05) is 11.8 Å². The Morgan fingerprint density at radius 1 is 1.30 bits per heavy atom. The van der Waals surface area contributed by atoms with E-state index < -0.39 is 0 Å². The van der Waals surface area contributed by atoms with Crippen molar-refractivity contribution in [2.45, 2.75) is 51.1 Å². The minimum absolute atomic E-state index is 0.0717. The minimum Gasteiger partial charge on any atom is -0.383 e. The Labute approximate surface area is 122 Å². The van der Waals surface area contributed by atoms with Crippen LogP contribution in [0.4, 0.5) is 0 Å². The lowest BCUT2D eigenvalue weighted by Crippen LogP contribution is -2.45. The average Bonchev–Trinajstić information content (AvgIpc) is 2.42. The fourth-order valence-electron chi connectivity index (χ4n) is 2.94. The third kappa shape index (κ3) is 5.38. The Hall–Kier alpha value is -0.650. The van der Waals surface area contributed by atoms with Crippen molar-refractivity contribution >= 4 is 5.91 Å². The Kier molecular flexibility index (Phi) is 8.11. The van der Waals surface area contributed by atoms with Gasteiger partial charge in [0.25, 0.3) is 0 Å². The molecule has 1 fully saturated rings. The topological polar surface area (TPSA) is 64.8 Å². The van der Waals surface area contributed by atoms with E-state index in [1.165, 1.54) is 12.8 Å². The molecule has 5 heteroatoms. The van der Waals surface area contributed by atoms with Crippen molar-refractivity contribution in [1.82, 2.24) is 4.90 Å². The molecule has 118 valence electrons. The highest BCUT2D eigenvalue weighted by atomic mass is 16.5. The van der Waals surface area contributed by atoms with Crippen LogP contribution in [0.5, 0.6) is 0 Å². The van der Waals surface area contributed by atoms with E-state index in [1.54, 1.807) is 14.2 Å². The predicted octanol–water partition coefficient (Wildman–Crippen LogP) is 1.40. The van der Waals surface area contributed by atoms with E-state index in [4.69, 9.17) is 15.2 Å². The molecule has 1 amide bonds. The zero-order valence-corrected chi connectivity index (χ0v) is 13.1. The number of carbonyl (C=O) groups is 1. The number of nitrogens with two attached hydrogens (primary N) is 1. The van der Waals surface area contributed by atoms with Crippen molar-refractivity contribution in [3.63, 3.8) is 0 Å². The Bertz CT molecular complexity index is 286. The van der Waals surface area contributed by atoms with Crippen molar-refractivity contribution in [2.75, 3.05) is 34.0 Å². The lowest BCUT2D eigenvalue weighted by Gasteiger charge is -2.33. The van der Waals surface area contributed by atoms with Gasteiger partial charge in [0.1, 0.15) is 0 Å². The maximum absolute atomic E-state index is 12.5. The molecule has 3 atom stereocenters. The Morgan fingerprint density at radius 2 is 2.00 bits per heavy atom. The SMILES string of the molecule is COCCN(C(=O)CC1CCCCC1N)C(C)COC. The number of carbonyl (C=O) groups excluding carboxylic acids is 1. The summed E-state index contributed by atoms with van der Waals surface area (Å²) in [6.45, 7) is 3.72. The van der Waals surface area contributed by atoms with E-state index in [0.717, 1.165) is 12.8 Å². The van der Waals surface area contributed by atoms with Gasteiger partial charge >= 0.3 is 0 Å². The molecular weight excluding hydrogens is 256 g/mol. The summed E-state index contributed by atoms with van der Waals surface area (Å²) in [6, 6.07) is 0.247. The number of hydrogen-bond acceptors (Lipinski definition) is 4. The van der Waals surface area contributed by atoms with Crippen molar-refractivity contribution < 1.29 is 14.3 Å². The molecule has 0 aliphatic heterocycles. The normalized spacial score (nSPS) is 24.4. The van der Waals surface area contributed by atoms with Gasteiger partial charge in [-0.1, -0.05) is 12.8 Å². The molecule has 1 aliphatic carbocycles. The van der Waals surface area contributed by atoms with Gasteiger partial charge in [-0.3, -0.25) is 4.79 Å². The highest BCUT2D eigenvalue weighted by molar-refractivity contribution is 5.76. The van der Waals surface area contributed by atoms with Gasteiger partial charge < -0.3 is 20.1 Å². The molecule has 0 aromatic heterocycles. The third-order valence-electron chi connectivity index (χ3n) is 4.20. The van der Waals surface area contributed by atoms with Crippen LogP contribution in [-0.2, 0) is 14.3 Å². The highest BCUT2D eigenvalue weighted by Crippen LogP contribution is 2.26. The van der Waals surface area contributed by atoms with Crippen LogP contribution in [0.25, 0.3) is 0 Å². The first-order valence-corrected chi connectivity index (χ1v) is 7.63. The second-order valence-corrected chi connectivity index (χ2v) is 5.80. The van der Waals surface area contributed by atoms with Gasteiger partial charge in [0.05, 0.1) is 19.3 Å². The molecule has 2 N–H and O–H groups in total. The number of amides is 1. The largest absolute Gasteiger partial charge is 0.383 e. The van der Waals surface area contributed by atoms with Crippen LogP contribution in [0.2, 0.25) is 0 Å². The summed E-state index contributed by atoms with van der Waals surface area (Å²) >= 11 is 0. The smallest absolute Gasteiger partial charge is 0.223 e. The van der Waals surface area contributed by atoms with Gasteiger partial charge in [-0.15, -0.1) is 0 Å². The molecule has 20 heavy (non-hydrogen) atoms. The fourth-order valence-corrected chi connectivity index (χ4v) is 2.94. The first-order valence-electron chi connectivity index (χ1n) is 7.63. The van der Waals surface area contributed by atoms with Crippen molar-refractivity contribution in [3.05, 3.63) is 0 Å². The molecule has 0 aromatic rings. The summed E-state index contributed by atoms with van der Waals surface area (Å²) in [5.74, 6) is 0.505. The van der Waals surface area contributed by atoms with E-state index in [2.05, 4.69) is 0 Å². The summed E-state index contributed by atoms with van der Waals surface area (Å²) in [6.07, 6.45) is 5.06. The van der Waals surface area contributed by atoms with E-state index in [0.29, 0.717) is 32.1 Å². The second-order valence-electron chi connectivity index (χ2n) is 5.80. The van der Waals surface area contributed by atoms with Gasteiger partial charge in [0.2, 0.25) is 5.91 Å². The van der Waals surface area contributed by atoms with Gasteiger partial charge in [0.15, 0.2) is 0 Å². The zero-order valence-electron chi connectivity index (χ0n) is 13.1. The summed E-state index contributed by atoms with van der Waals surface area (Å²) in [5.41, 5.74) is 6.14. The summed E-state index contributed by atoms with van der Waals surface area (Å²) in [5, 5.41) is 0. The van der Waals surface area contributed by atoms with Crippen LogP contribution < -0.4 is 5.73 Å². The highest BCUT2D eigenvalue weighted by Gasteiger charge is 2.28. The number of hydrogen-bond donors (Lipinski definition) is 1. The molecule has 0 spiro atoms. The molecule has 1 aliphatic rings. The molecule has 0 heterocycles. The standard InChI is InChI=1S/C15H30N2O3/c1-12(11-20-3)17(8-9-19-2)15(18)10-13-6-4-5-7-14(13)16/h12-14H,4-11,16H2,1-3H3. The van der Waals surface area contributed by atoms with E-state index in [9.17, 15) is 4.79 Å². The van der Waals surface area contributed by atoms with E-state index in [-0.39, 0.29) is 18.0 Å². The second kappa shape index (κ2) is 9.32. The number of methoxy groups -OCH3 is 2. The van der Waals surface area contributed by atoms with Crippen LogP contribution in [0.15, 0.2) is 0 Å². The molecule has 1 saturated carbocycles. The lowest BCUT2D eigenvalue weighted by molar-refractivity contribution is -0.136. The molecule has 0 aromatic carbocycles. The van der Waals surface area contributed by atoms with Gasteiger partial charge in [-0.05, 0) is 25.7 Å². The molecule has 0 saturated heterocycles. The first kappa shape index (κ1) is 17.4. The summed E-state index contributed by atoms with van der Waals surface area (Å²) in [4.78, 5) is 14.4. The van der Waals surface area contributed by atoms with Gasteiger partial charge in [-0.2, -0.15) is 0 Å². The quantitative estimate of drug-likeness (QED) is 0.732. The maximum Gasteiger partial charge on any atom is 0.223 e. The fraction of sp³-hybridized carbons (Fsp3) is 0.933. The summed E-state index contributed by atoms with van der Waals surface area (Å²) < 4.78 is 10.3. The minimum atomic E-state index is 0.0717. The number of rotatable bonds is 8. The Morgan fingerprint density at radius 3 is 2.60 bits per heavy atom. The van der Waals surface area contributed by atoms with Gasteiger partial charge in [0, 0.05) is 33.2 Å². The van der Waals surface area contributed by atoms with Crippen LogP contribution in [-0.4, -0.2) is 56.9 Å². The maximum atomic E-state index is 12.5. The first-order chi connectivity index (χ1) is 9.60. The average molecular weight is 286 g/mol.